The van der Waals surface area contributed by atoms with Gasteiger partial charge in [0.25, 0.3) is 0 Å². The van der Waals surface area contributed by atoms with Gasteiger partial charge >= 0.3 is 0 Å². The number of hydrogen-bond donors (Lipinski definition) is 0. The van der Waals surface area contributed by atoms with Crippen molar-refractivity contribution in [1.82, 2.24) is 10.2 Å². The zero-order valence-electron chi connectivity index (χ0n) is 8.16. The van der Waals surface area contributed by atoms with Crippen LogP contribution in [0.25, 0.3) is 0 Å². The van der Waals surface area contributed by atoms with E-state index in [2.05, 4.69) is 22.1 Å². The van der Waals surface area contributed by atoms with E-state index in [1.807, 2.05) is 6.92 Å². The molecule has 1 aliphatic rings. The van der Waals surface area contributed by atoms with E-state index in [1.54, 1.807) is 11.3 Å². The van der Waals surface area contributed by atoms with Crippen LogP contribution >= 0.6 is 11.3 Å². The second-order valence-corrected chi connectivity index (χ2v) is 4.94. The summed E-state index contributed by atoms with van der Waals surface area (Å²) in [4.78, 5) is 2.23. The van der Waals surface area contributed by atoms with Crippen LogP contribution in [0.5, 0.6) is 0 Å². The summed E-state index contributed by atoms with van der Waals surface area (Å²) < 4.78 is 0. The van der Waals surface area contributed by atoms with E-state index in [-0.39, 0.29) is 0 Å². The SMILES string of the molecule is Cc1nnc(N(C)CC2CCC2)s1. The van der Waals surface area contributed by atoms with Crippen LogP contribution in [0.1, 0.15) is 24.3 Å². The Labute approximate surface area is 82.8 Å². The van der Waals surface area contributed by atoms with Crippen LogP contribution in [0.4, 0.5) is 5.13 Å². The third kappa shape index (κ3) is 1.99. The van der Waals surface area contributed by atoms with Crippen LogP contribution in [0.2, 0.25) is 0 Å². The third-order valence-corrected chi connectivity index (χ3v) is 3.55. The molecule has 1 fully saturated rings. The highest BCUT2D eigenvalue weighted by Crippen LogP contribution is 2.29. The van der Waals surface area contributed by atoms with Crippen molar-refractivity contribution < 1.29 is 0 Å². The summed E-state index contributed by atoms with van der Waals surface area (Å²) in [6, 6.07) is 0. The van der Waals surface area contributed by atoms with Crippen LogP contribution in [0.3, 0.4) is 0 Å². The number of nitrogens with zero attached hydrogens (tertiary/aromatic N) is 3. The molecule has 1 heterocycles. The lowest BCUT2D eigenvalue weighted by Crippen LogP contribution is -2.29. The van der Waals surface area contributed by atoms with E-state index >= 15 is 0 Å². The van der Waals surface area contributed by atoms with Crippen LogP contribution in [-0.4, -0.2) is 23.8 Å². The van der Waals surface area contributed by atoms with Gasteiger partial charge in [0.1, 0.15) is 5.01 Å². The van der Waals surface area contributed by atoms with Gasteiger partial charge in [0.05, 0.1) is 0 Å². The standard InChI is InChI=1S/C9H15N3S/c1-7-10-11-9(13-7)12(2)6-8-4-3-5-8/h8H,3-6H2,1-2H3. The molecule has 1 aliphatic carbocycles. The van der Waals surface area contributed by atoms with Gasteiger partial charge in [-0.1, -0.05) is 17.8 Å². The van der Waals surface area contributed by atoms with Crippen molar-refractivity contribution in [2.75, 3.05) is 18.5 Å². The van der Waals surface area contributed by atoms with Gasteiger partial charge in [-0.3, -0.25) is 0 Å². The number of anilines is 1. The van der Waals surface area contributed by atoms with Crippen molar-refractivity contribution in [2.45, 2.75) is 26.2 Å². The highest BCUT2D eigenvalue weighted by molar-refractivity contribution is 7.15. The minimum atomic E-state index is 0.897. The lowest BCUT2D eigenvalue weighted by molar-refractivity contribution is 0.321. The molecule has 0 saturated heterocycles. The zero-order chi connectivity index (χ0) is 9.26. The maximum Gasteiger partial charge on any atom is 0.208 e. The summed E-state index contributed by atoms with van der Waals surface area (Å²) in [5, 5.41) is 10.2. The molecule has 0 atom stereocenters. The van der Waals surface area contributed by atoms with E-state index in [4.69, 9.17) is 0 Å². The summed E-state index contributed by atoms with van der Waals surface area (Å²) in [5.41, 5.74) is 0. The average molecular weight is 197 g/mol. The van der Waals surface area contributed by atoms with Gasteiger partial charge in [0.2, 0.25) is 5.13 Å². The van der Waals surface area contributed by atoms with Gasteiger partial charge in [0.15, 0.2) is 0 Å². The minimum absolute atomic E-state index is 0.897. The number of rotatable bonds is 3. The molecular weight excluding hydrogens is 182 g/mol. The van der Waals surface area contributed by atoms with Gasteiger partial charge in [-0.05, 0) is 25.7 Å². The van der Waals surface area contributed by atoms with Crippen molar-refractivity contribution in [3.05, 3.63) is 5.01 Å². The van der Waals surface area contributed by atoms with E-state index < -0.39 is 0 Å². The summed E-state index contributed by atoms with van der Waals surface area (Å²) >= 11 is 1.68. The normalized spacial score (nSPS) is 17.1. The molecule has 3 nitrogen and oxygen atoms in total. The molecule has 13 heavy (non-hydrogen) atoms. The summed E-state index contributed by atoms with van der Waals surface area (Å²) in [6.45, 7) is 3.15. The van der Waals surface area contributed by atoms with E-state index in [1.165, 1.54) is 19.3 Å². The maximum absolute atomic E-state index is 4.12. The Morgan fingerprint density at radius 2 is 2.23 bits per heavy atom. The molecule has 1 saturated carbocycles. The minimum Gasteiger partial charge on any atom is -0.349 e. The fraction of sp³-hybridized carbons (Fsp3) is 0.778. The molecular formula is C9H15N3S. The molecule has 0 bridgehead atoms. The van der Waals surface area contributed by atoms with Crippen LogP contribution < -0.4 is 4.90 Å². The fourth-order valence-corrected chi connectivity index (χ4v) is 2.24. The van der Waals surface area contributed by atoms with Gasteiger partial charge in [-0.25, -0.2) is 0 Å². The van der Waals surface area contributed by atoms with Crippen molar-refractivity contribution in [2.24, 2.45) is 5.92 Å². The predicted molar refractivity (Wildman–Crippen MR) is 55.3 cm³/mol. The van der Waals surface area contributed by atoms with Gasteiger partial charge in [-0.2, -0.15) is 0 Å². The zero-order valence-corrected chi connectivity index (χ0v) is 8.97. The molecule has 2 rings (SSSR count). The van der Waals surface area contributed by atoms with Gasteiger partial charge < -0.3 is 4.90 Å². The Morgan fingerprint density at radius 1 is 1.46 bits per heavy atom. The van der Waals surface area contributed by atoms with E-state index in [0.717, 1.165) is 22.6 Å². The lowest BCUT2D eigenvalue weighted by Gasteiger charge is -2.29. The summed E-state index contributed by atoms with van der Waals surface area (Å²) in [7, 11) is 2.11. The molecule has 1 aromatic heterocycles. The maximum atomic E-state index is 4.12. The topological polar surface area (TPSA) is 29.0 Å². The Bertz CT molecular complexity index is 280. The van der Waals surface area contributed by atoms with Crippen molar-refractivity contribution in [1.29, 1.82) is 0 Å². The molecule has 72 valence electrons. The van der Waals surface area contributed by atoms with Crippen molar-refractivity contribution in [3.8, 4) is 0 Å². The second-order valence-electron chi connectivity index (χ2n) is 3.78. The largest absolute Gasteiger partial charge is 0.349 e. The van der Waals surface area contributed by atoms with Crippen molar-refractivity contribution in [3.63, 3.8) is 0 Å². The monoisotopic (exact) mass is 197 g/mol. The van der Waals surface area contributed by atoms with E-state index in [0.29, 0.717) is 0 Å². The summed E-state index contributed by atoms with van der Waals surface area (Å²) in [5.74, 6) is 0.897. The third-order valence-electron chi connectivity index (χ3n) is 2.60. The quantitative estimate of drug-likeness (QED) is 0.743. The fourth-order valence-electron chi connectivity index (χ4n) is 1.58. The van der Waals surface area contributed by atoms with Crippen molar-refractivity contribution >= 4 is 16.5 Å². The first-order valence-electron chi connectivity index (χ1n) is 4.77. The van der Waals surface area contributed by atoms with Gasteiger partial charge in [-0.15, -0.1) is 10.2 Å². The van der Waals surface area contributed by atoms with Crippen LogP contribution in [-0.2, 0) is 0 Å². The Kier molecular flexibility index (Phi) is 2.49. The predicted octanol–water partition coefficient (Wildman–Crippen LogP) is 2.08. The molecule has 4 heteroatoms. The first-order valence-corrected chi connectivity index (χ1v) is 5.58. The number of aryl methyl sites for hydroxylation is 1. The second kappa shape index (κ2) is 3.62. The molecule has 0 N–H and O–H groups in total. The highest BCUT2D eigenvalue weighted by Gasteiger charge is 2.20. The number of aromatic nitrogens is 2. The molecule has 0 radical (unpaired) electrons. The highest BCUT2D eigenvalue weighted by atomic mass is 32.1. The van der Waals surface area contributed by atoms with Crippen LogP contribution in [0, 0.1) is 12.8 Å². The Morgan fingerprint density at radius 3 is 2.69 bits per heavy atom. The molecule has 0 amide bonds. The molecule has 0 aliphatic heterocycles. The van der Waals surface area contributed by atoms with Crippen LogP contribution in [0.15, 0.2) is 0 Å². The molecule has 0 spiro atoms. The summed E-state index contributed by atoms with van der Waals surface area (Å²) in [6.07, 6.45) is 4.19. The molecule has 0 unspecified atom stereocenters. The first-order chi connectivity index (χ1) is 6.25. The van der Waals surface area contributed by atoms with E-state index in [9.17, 15) is 0 Å². The Balaban J connectivity index is 1.92. The Hall–Kier alpha value is -0.640. The smallest absolute Gasteiger partial charge is 0.208 e. The first kappa shape index (κ1) is 8.94. The number of hydrogen-bond acceptors (Lipinski definition) is 4. The average Bonchev–Trinajstić information content (AvgIpc) is 2.44. The lowest BCUT2D eigenvalue weighted by atomic mass is 9.85. The molecule has 0 aromatic carbocycles. The molecule has 1 aromatic rings. The van der Waals surface area contributed by atoms with Gasteiger partial charge in [0, 0.05) is 13.6 Å².